The van der Waals surface area contributed by atoms with Gasteiger partial charge in [-0.1, -0.05) is 18.2 Å². The molecule has 1 heterocycles. The first-order valence-corrected chi connectivity index (χ1v) is 5.74. The lowest BCUT2D eigenvalue weighted by Crippen LogP contribution is -2.03. The highest BCUT2D eigenvalue weighted by atomic mass is 15.3. The van der Waals surface area contributed by atoms with Gasteiger partial charge in [0.2, 0.25) is 5.95 Å². The monoisotopic (exact) mass is 230 g/mol. The van der Waals surface area contributed by atoms with Crippen LogP contribution in [0.3, 0.4) is 0 Å². The average molecular weight is 230 g/mol. The van der Waals surface area contributed by atoms with Crippen molar-refractivity contribution in [3.05, 3.63) is 40.7 Å². The number of hydrogen-bond donors (Lipinski definition) is 1. The predicted molar refractivity (Wildman–Crippen MR) is 69.3 cm³/mol. The molecule has 90 valence electrons. The zero-order valence-corrected chi connectivity index (χ0v) is 10.8. The van der Waals surface area contributed by atoms with Gasteiger partial charge in [-0.15, -0.1) is 10.2 Å². The number of nitrogens with one attached hydrogen (secondary N) is 1. The third-order valence-corrected chi connectivity index (χ3v) is 3.12. The summed E-state index contributed by atoms with van der Waals surface area (Å²) in [6, 6.07) is 6.51. The van der Waals surface area contributed by atoms with Gasteiger partial charge in [0.1, 0.15) is 5.82 Å². The van der Waals surface area contributed by atoms with Crippen molar-refractivity contribution in [2.75, 3.05) is 12.4 Å². The van der Waals surface area contributed by atoms with Crippen LogP contribution in [0.15, 0.2) is 18.2 Å². The fourth-order valence-corrected chi connectivity index (χ4v) is 1.83. The lowest BCUT2D eigenvalue weighted by molar-refractivity contribution is 0.825. The molecular weight excluding hydrogens is 212 g/mol. The summed E-state index contributed by atoms with van der Waals surface area (Å²) in [5.74, 6) is 1.77. The van der Waals surface area contributed by atoms with E-state index >= 15 is 0 Å². The van der Waals surface area contributed by atoms with Gasteiger partial charge in [-0.25, -0.2) is 0 Å². The quantitative estimate of drug-likeness (QED) is 0.877. The first-order valence-electron chi connectivity index (χ1n) is 5.74. The van der Waals surface area contributed by atoms with Crippen molar-refractivity contribution in [3.8, 4) is 0 Å². The molecule has 1 N–H and O–H groups in total. The number of nitrogens with zero attached hydrogens (tertiary/aromatic N) is 3. The second-order valence-corrected chi connectivity index (χ2v) is 4.34. The fraction of sp³-hybridized carbons (Fsp3) is 0.385. The van der Waals surface area contributed by atoms with Crippen LogP contribution in [0.1, 0.15) is 22.5 Å². The van der Waals surface area contributed by atoms with Crippen LogP contribution in [0.25, 0.3) is 0 Å². The van der Waals surface area contributed by atoms with Gasteiger partial charge >= 0.3 is 0 Å². The zero-order valence-electron chi connectivity index (χ0n) is 10.8. The topological polar surface area (TPSA) is 42.7 Å². The zero-order chi connectivity index (χ0) is 12.4. The highest BCUT2D eigenvalue weighted by Gasteiger charge is 2.08. The SMILES string of the molecule is CNc1nnc(Cc2ccc(C)c(C)c2)n1C. The van der Waals surface area contributed by atoms with E-state index in [9.17, 15) is 0 Å². The van der Waals surface area contributed by atoms with Gasteiger partial charge in [0.25, 0.3) is 0 Å². The first-order chi connectivity index (χ1) is 8.11. The number of hydrogen-bond acceptors (Lipinski definition) is 3. The van der Waals surface area contributed by atoms with E-state index in [1.54, 1.807) is 0 Å². The van der Waals surface area contributed by atoms with E-state index in [0.717, 1.165) is 18.2 Å². The predicted octanol–water partition coefficient (Wildman–Crippen LogP) is 2.06. The number of benzene rings is 1. The molecule has 0 atom stereocenters. The van der Waals surface area contributed by atoms with Gasteiger partial charge in [0, 0.05) is 20.5 Å². The van der Waals surface area contributed by atoms with E-state index in [0.29, 0.717) is 0 Å². The van der Waals surface area contributed by atoms with Crippen LogP contribution < -0.4 is 5.32 Å². The lowest BCUT2D eigenvalue weighted by Gasteiger charge is -2.06. The Bertz CT molecular complexity index is 528. The molecule has 0 bridgehead atoms. The van der Waals surface area contributed by atoms with E-state index in [1.165, 1.54) is 16.7 Å². The van der Waals surface area contributed by atoms with Crippen LogP contribution in [0, 0.1) is 13.8 Å². The van der Waals surface area contributed by atoms with Gasteiger partial charge in [-0.05, 0) is 30.5 Å². The van der Waals surface area contributed by atoms with E-state index in [-0.39, 0.29) is 0 Å². The molecule has 0 aliphatic rings. The molecule has 0 aliphatic heterocycles. The summed E-state index contributed by atoms with van der Waals surface area (Å²) in [5, 5.41) is 11.3. The smallest absolute Gasteiger partial charge is 0.224 e. The Labute approximate surface area is 102 Å². The molecule has 0 fully saturated rings. The Kier molecular flexibility index (Phi) is 3.13. The van der Waals surface area contributed by atoms with Crippen molar-refractivity contribution in [2.24, 2.45) is 7.05 Å². The van der Waals surface area contributed by atoms with Crippen LogP contribution in [0.5, 0.6) is 0 Å². The third kappa shape index (κ3) is 2.30. The van der Waals surface area contributed by atoms with Crippen molar-refractivity contribution >= 4 is 5.95 Å². The first kappa shape index (κ1) is 11.6. The van der Waals surface area contributed by atoms with Crippen molar-refractivity contribution in [3.63, 3.8) is 0 Å². The Morgan fingerprint density at radius 1 is 1.18 bits per heavy atom. The largest absolute Gasteiger partial charge is 0.357 e. The maximum absolute atomic E-state index is 4.18. The van der Waals surface area contributed by atoms with Gasteiger partial charge in [-0.2, -0.15) is 0 Å². The van der Waals surface area contributed by atoms with Gasteiger partial charge in [0.15, 0.2) is 0 Å². The van der Waals surface area contributed by atoms with Crippen molar-refractivity contribution in [1.82, 2.24) is 14.8 Å². The van der Waals surface area contributed by atoms with Crippen LogP contribution in [-0.4, -0.2) is 21.8 Å². The van der Waals surface area contributed by atoms with Crippen LogP contribution in [0.2, 0.25) is 0 Å². The highest BCUT2D eigenvalue weighted by Crippen LogP contribution is 2.14. The molecule has 2 aromatic rings. The molecule has 1 aromatic heterocycles. The summed E-state index contributed by atoms with van der Waals surface area (Å²) in [4.78, 5) is 0. The Morgan fingerprint density at radius 2 is 1.94 bits per heavy atom. The van der Waals surface area contributed by atoms with E-state index < -0.39 is 0 Å². The maximum atomic E-state index is 4.18. The maximum Gasteiger partial charge on any atom is 0.224 e. The standard InChI is InChI=1S/C13H18N4/c1-9-5-6-11(7-10(9)2)8-12-15-16-13(14-3)17(12)4/h5-7H,8H2,1-4H3,(H,14,16). The second-order valence-electron chi connectivity index (χ2n) is 4.34. The number of aryl methyl sites for hydroxylation is 2. The van der Waals surface area contributed by atoms with Gasteiger partial charge < -0.3 is 9.88 Å². The average Bonchev–Trinajstić information content (AvgIpc) is 2.65. The number of aromatic nitrogens is 3. The molecule has 1 aromatic carbocycles. The second kappa shape index (κ2) is 4.57. The summed E-state index contributed by atoms with van der Waals surface area (Å²) in [5.41, 5.74) is 3.91. The van der Waals surface area contributed by atoms with Crippen LogP contribution in [-0.2, 0) is 13.5 Å². The molecule has 0 amide bonds. The molecule has 17 heavy (non-hydrogen) atoms. The Balaban J connectivity index is 2.25. The normalized spacial score (nSPS) is 10.6. The third-order valence-electron chi connectivity index (χ3n) is 3.12. The molecule has 0 radical (unpaired) electrons. The van der Waals surface area contributed by atoms with Gasteiger partial charge in [-0.3, -0.25) is 0 Å². The molecule has 0 saturated carbocycles. The Hall–Kier alpha value is -1.84. The van der Waals surface area contributed by atoms with Crippen molar-refractivity contribution in [1.29, 1.82) is 0 Å². The molecular formula is C13H18N4. The van der Waals surface area contributed by atoms with E-state index in [1.807, 2.05) is 18.7 Å². The number of anilines is 1. The summed E-state index contributed by atoms with van der Waals surface area (Å²) in [7, 11) is 3.83. The molecule has 0 aliphatic carbocycles. The van der Waals surface area contributed by atoms with Crippen molar-refractivity contribution in [2.45, 2.75) is 20.3 Å². The molecule has 0 saturated heterocycles. The molecule has 0 unspecified atom stereocenters. The summed E-state index contributed by atoms with van der Waals surface area (Å²) >= 11 is 0. The minimum Gasteiger partial charge on any atom is -0.357 e. The highest BCUT2D eigenvalue weighted by molar-refractivity contribution is 5.32. The molecule has 0 spiro atoms. The summed E-state index contributed by atoms with van der Waals surface area (Å²) in [6.07, 6.45) is 0.812. The lowest BCUT2D eigenvalue weighted by atomic mass is 10.0. The molecule has 4 heteroatoms. The Morgan fingerprint density at radius 3 is 2.53 bits per heavy atom. The minimum atomic E-state index is 0.795. The molecule has 2 rings (SSSR count). The van der Waals surface area contributed by atoms with Crippen molar-refractivity contribution < 1.29 is 0 Å². The fourth-order valence-electron chi connectivity index (χ4n) is 1.83. The number of rotatable bonds is 3. The van der Waals surface area contributed by atoms with Crippen LogP contribution in [0.4, 0.5) is 5.95 Å². The molecule has 4 nitrogen and oxygen atoms in total. The van der Waals surface area contributed by atoms with Gasteiger partial charge in [0.05, 0.1) is 0 Å². The summed E-state index contributed by atoms with van der Waals surface area (Å²) < 4.78 is 1.98. The van der Waals surface area contributed by atoms with Crippen LogP contribution >= 0.6 is 0 Å². The summed E-state index contributed by atoms with van der Waals surface area (Å²) in [6.45, 7) is 4.26. The van der Waals surface area contributed by atoms with E-state index in [4.69, 9.17) is 0 Å². The van der Waals surface area contributed by atoms with E-state index in [2.05, 4.69) is 47.6 Å². The minimum absolute atomic E-state index is 0.795.